The fourth-order valence-corrected chi connectivity index (χ4v) is 5.33. The first-order chi connectivity index (χ1) is 11.2. The highest BCUT2D eigenvalue weighted by atomic mass is 16.7. The number of hydrogen-bond acceptors (Lipinski definition) is 4. The van der Waals surface area contributed by atoms with Gasteiger partial charge in [0.05, 0.1) is 19.3 Å². The molecule has 2 heterocycles. The molecule has 2 atom stereocenters. The molecule has 0 bridgehead atoms. The van der Waals surface area contributed by atoms with Crippen LogP contribution in [0.3, 0.4) is 0 Å². The molecule has 0 saturated heterocycles. The van der Waals surface area contributed by atoms with Gasteiger partial charge in [-0.1, -0.05) is 5.16 Å². The van der Waals surface area contributed by atoms with Crippen LogP contribution in [0.2, 0.25) is 0 Å². The van der Waals surface area contributed by atoms with Crippen molar-refractivity contribution < 1.29 is 19.6 Å². The van der Waals surface area contributed by atoms with Gasteiger partial charge in [0.1, 0.15) is 6.04 Å². The first-order valence-corrected chi connectivity index (χ1v) is 8.70. The van der Waals surface area contributed by atoms with Gasteiger partial charge in [0.25, 0.3) is 0 Å². The summed E-state index contributed by atoms with van der Waals surface area (Å²) in [6.45, 7) is 1.54. The first-order valence-electron chi connectivity index (χ1n) is 8.70. The summed E-state index contributed by atoms with van der Waals surface area (Å²) in [7, 11) is 2.32. The second-order valence-electron chi connectivity index (χ2n) is 7.61. The van der Waals surface area contributed by atoms with Gasteiger partial charge in [0, 0.05) is 29.4 Å². The molecule has 1 spiro atoms. The Hall–Kier alpha value is -1.75. The van der Waals surface area contributed by atoms with Gasteiger partial charge in [-0.3, -0.25) is 0 Å². The monoisotopic (exact) mass is 315 g/mol. The van der Waals surface area contributed by atoms with E-state index in [-0.39, 0.29) is 5.41 Å². The zero-order chi connectivity index (χ0) is 15.6. The lowest BCUT2D eigenvalue weighted by Crippen LogP contribution is -3.10. The number of quaternary nitrogens is 1. The van der Waals surface area contributed by atoms with Gasteiger partial charge in [-0.15, -0.1) is 0 Å². The Bertz CT molecular complexity index is 703. The Labute approximate surface area is 135 Å². The largest absolute Gasteiger partial charge is 0.454 e. The van der Waals surface area contributed by atoms with Gasteiger partial charge in [0.15, 0.2) is 11.5 Å². The number of nitrogens with zero attached hydrogens (tertiary/aromatic N) is 1. The SMILES string of the molecule is C[NH+]1CCc2cc3c(c4c2[C@@H]1CC41CCC(=NO)CC1)OCO3. The summed E-state index contributed by atoms with van der Waals surface area (Å²) < 4.78 is 11.7. The number of ether oxygens (including phenoxy) is 2. The molecule has 5 rings (SSSR count). The Morgan fingerprint density at radius 1 is 1.26 bits per heavy atom. The summed E-state index contributed by atoms with van der Waals surface area (Å²) in [5.74, 6) is 1.95. The van der Waals surface area contributed by atoms with E-state index >= 15 is 0 Å². The van der Waals surface area contributed by atoms with Crippen LogP contribution in [0.15, 0.2) is 11.2 Å². The lowest BCUT2D eigenvalue weighted by atomic mass is 9.69. The number of likely N-dealkylation sites (N-methyl/N-ethyl adjacent to an activating group) is 1. The summed E-state index contributed by atoms with van der Waals surface area (Å²) in [4.78, 5) is 1.62. The molecular weight excluding hydrogens is 292 g/mol. The second kappa shape index (κ2) is 4.63. The van der Waals surface area contributed by atoms with Crippen molar-refractivity contribution in [2.75, 3.05) is 20.4 Å². The molecule has 1 aromatic carbocycles. The molecule has 2 aliphatic heterocycles. The highest BCUT2D eigenvalue weighted by Gasteiger charge is 2.53. The minimum atomic E-state index is 0.174. The molecular formula is C18H23N2O3+. The van der Waals surface area contributed by atoms with Crippen molar-refractivity contribution in [2.45, 2.75) is 50.0 Å². The Balaban J connectivity index is 1.69. The fraction of sp³-hybridized carbons (Fsp3) is 0.611. The minimum absolute atomic E-state index is 0.174. The number of benzene rings is 1. The van der Waals surface area contributed by atoms with Gasteiger partial charge in [-0.05, 0) is 37.3 Å². The van der Waals surface area contributed by atoms with Gasteiger partial charge in [-0.2, -0.15) is 0 Å². The lowest BCUT2D eigenvalue weighted by molar-refractivity contribution is -0.914. The van der Waals surface area contributed by atoms with Crippen LogP contribution in [0.5, 0.6) is 11.5 Å². The van der Waals surface area contributed by atoms with Crippen molar-refractivity contribution in [1.29, 1.82) is 0 Å². The van der Waals surface area contributed by atoms with E-state index in [1.54, 1.807) is 10.5 Å². The number of fused-ring (bicyclic) bond motifs is 3. The van der Waals surface area contributed by atoms with E-state index in [9.17, 15) is 0 Å². The molecule has 122 valence electrons. The average Bonchev–Trinajstić information content (AvgIpc) is 3.16. The van der Waals surface area contributed by atoms with Crippen LogP contribution in [0.25, 0.3) is 0 Å². The predicted octanol–water partition coefficient (Wildman–Crippen LogP) is 1.57. The number of hydrogen-bond donors (Lipinski definition) is 2. The standard InChI is InChI=1S/C18H22N2O3/c1-20-7-4-11-8-14-17(23-10-22-14)16-15(11)13(20)9-18(16)5-2-12(19-21)3-6-18/h8,13,21H,2-7,9-10H2,1H3/p+1/t13-,18?/m0/s1. The third-order valence-electron chi connectivity index (χ3n) is 6.57. The summed E-state index contributed by atoms with van der Waals surface area (Å²) in [5, 5.41) is 12.6. The van der Waals surface area contributed by atoms with E-state index in [2.05, 4.69) is 18.3 Å². The van der Waals surface area contributed by atoms with Crippen molar-refractivity contribution in [3.8, 4) is 11.5 Å². The van der Waals surface area contributed by atoms with Gasteiger partial charge in [0.2, 0.25) is 6.79 Å². The smallest absolute Gasteiger partial charge is 0.231 e. The Morgan fingerprint density at radius 3 is 2.87 bits per heavy atom. The van der Waals surface area contributed by atoms with Gasteiger partial charge >= 0.3 is 0 Å². The predicted molar refractivity (Wildman–Crippen MR) is 84.7 cm³/mol. The van der Waals surface area contributed by atoms with E-state index in [1.165, 1.54) is 24.1 Å². The summed E-state index contributed by atoms with van der Waals surface area (Å²) >= 11 is 0. The summed E-state index contributed by atoms with van der Waals surface area (Å²) in [6.07, 6.45) is 6.22. The first kappa shape index (κ1) is 13.7. The van der Waals surface area contributed by atoms with Crippen LogP contribution < -0.4 is 14.4 Å². The van der Waals surface area contributed by atoms with Gasteiger partial charge in [-0.25, -0.2) is 0 Å². The molecule has 0 aromatic heterocycles. The van der Waals surface area contributed by atoms with Crippen LogP contribution >= 0.6 is 0 Å². The van der Waals surface area contributed by atoms with Crippen molar-refractivity contribution in [3.05, 3.63) is 22.8 Å². The second-order valence-corrected chi connectivity index (χ2v) is 7.61. The molecule has 4 aliphatic rings. The van der Waals surface area contributed by atoms with E-state index in [4.69, 9.17) is 14.7 Å². The molecule has 23 heavy (non-hydrogen) atoms. The molecule has 0 amide bonds. The summed E-state index contributed by atoms with van der Waals surface area (Å²) in [5.41, 5.74) is 5.57. The normalized spacial score (nSPS) is 33.9. The highest BCUT2D eigenvalue weighted by Crippen LogP contribution is 2.59. The van der Waals surface area contributed by atoms with E-state index in [0.717, 1.165) is 49.3 Å². The molecule has 1 aromatic rings. The lowest BCUT2D eigenvalue weighted by Gasteiger charge is -2.35. The third-order valence-corrected chi connectivity index (χ3v) is 6.57. The van der Waals surface area contributed by atoms with Crippen LogP contribution in [0, 0.1) is 0 Å². The van der Waals surface area contributed by atoms with E-state index < -0.39 is 0 Å². The van der Waals surface area contributed by atoms with Gasteiger partial charge < -0.3 is 19.6 Å². The van der Waals surface area contributed by atoms with Crippen LogP contribution in [-0.2, 0) is 11.8 Å². The minimum Gasteiger partial charge on any atom is -0.454 e. The maximum Gasteiger partial charge on any atom is 0.231 e. The van der Waals surface area contributed by atoms with Crippen LogP contribution in [0.4, 0.5) is 0 Å². The third kappa shape index (κ3) is 1.74. The molecule has 1 unspecified atom stereocenters. The summed E-state index contributed by atoms with van der Waals surface area (Å²) in [6, 6.07) is 2.80. The van der Waals surface area contributed by atoms with Crippen molar-refractivity contribution >= 4 is 5.71 Å². The van der Waals surface area contributed by atoms with Crippen LogP contribution in [0.1, 0.15) is 54.8 Å². The number of rotatable bonds is 0. The molecule has 1 fully saturated rings. The average molecular weight is 315 g/mol. The zero-order valence-corrected chi connectivity index (χ0v) is 13.5. The topological polar surface area (TPSA) is 55.5 Å². The molecule has 2 aliphatic carbocycles. The molecule has 5 heteroatoms. The quantitative estimate of drug-likeness (QED) is 0.564. The molecule has 1 saturated carbocycles. The highest BCUT2D eigenvalue weighted by molar-refractivity contribution is 5.85. The number of oxime groups is 1. The zero-order valence-electron chi connectivity index (χ0n) is 13.5. The van der Waals surface area contributed by atoms with Crippen molar-refractivity contribution in [2.24, 2.45) is 5.16 Å². The van der Waals surface area contributed by atoms with Crippen LogP contribution in [-0.4, -0.2) is 31.3 Å². The molecule has 5 nitrogen and oxygen atoms in total. The fourth-order valence-electron chi connectivity index (χ4n) is 5.33. The van der Waals surface area contributed by atoms with E-state index in [1.807, 2.05) is 0 Å². The Kier molecular flexibility index (Phi) is 2.75. The van der Waals surface area contributed by atoms with Crippen molar-refractivity contribution in [1.82, 2.24) is 0 Å². The van der Waals surface area contributed by atoms with Crippen molar-refractivity contribution in [3.63, 3.8) is 0 Å². The maximum absolute atomic E-state index is 9.11. The molecule has 2 N–H and O–H groups in total. The van der Waals surface area contributed by atoms with E-state index in [0.29, 0.717) is 12.8 Å². The Morgan fingerprint density at radius 2 is 2.09 bits per heavy atom. The number of nitrogens with one attached hydrogen (secondary N) is 1. The maximum atomic E-state index is 9.11. The molecule has 0 radical (unpaired) electrons.